The van der Waals surface area contributed by atoms with Gasteiger partial charge in [-0.15, -0.1) is 0 Å². The molecule has 4 heteroatoms. The minimum atomic E-state index is -0.901. The van der Waals surface area contributed by atoms with Crippen molar-refractivity contribution in [3.8, 4) is 0 Å². The van der Waals surface area contributed by atoms with Gasteiger partial charge in [0.1, 0.15) is 0 Å². The van der Waals surface area contributed by atoms with E-state index in [-0.39, 0.29) is 0 Å². The Hall–Kier alpha value is -1.03. The first-order chi connectivity index (χ1) is 7.15. The predicted molar refractivity (Wildman–Crippen MR) is 64.4 cm³/mol. The van der Waals surface area contributed by atoms with E-state index in [0.717, 1.165) is 17.3 Å². The number of hydrogen-bond donors (Lipinski definition) is 1. The van der Waals surface area contributed by atoms with Crippen LogP contribution in [0.1, 0.15) is 19.8 Å². The van der Waals surface area contributed by atoms with E-state index in [1.165, 1.54) is 4.90 Å². The van der Waals surface area contributed by atoms with E-state index in [4.69, 9.17) is 5.11 Å². The Balaban J connectivity index is 2.84. The molecule has 1 amide bonds. The lowest BCUT2D eigenvalue weighted by Crippen LogP contribution is -2.30. The first-order valence-corrected chi connectivity index (χ1v) is 5.70. The summed E-state index contributed by atoms with van der Waals surface area (Å²) in [7, 11) is 0. The van der Waals surface area contributed by atoms with Crippen LogP contribution in [0.3, 0.4) is 0 Å². The molecule has 0 aliphatic carbocycles. The van der Waals surface area contributed by atoms with Gasteiger partial charge in [-0.2, -0.15) is 0 Å². The lowest BCUT2D eigenvalue weighted by Gasteiger charge is -2.19. The van der Waals surface area contributed by atoms with Crippen molar-refractivity contribution in [3.63, 3.8) is 0 Å². The molecule has 0 bridgehead atoms. The van der Waals surface area contributed by atoms with Gasteiger partial charge in [0.15, 0.2) is 0 Å². The molecular weight excluding hydrogens is 258 g/mol. The fraction of sp³-hybridized carbons (Fsp3) is 0.364. The molecule has 3 nitrogen and oxygen atoms in total. The van der Waals surface area contributed by atoms with Crippen LogP contribution in [0.5, 0.6) is 0 Å². The molecule has 0 heterocycles. The van der Waals surface area contributed by atoms with Gasteiger partial charge in [0.25, 0.3) is 0 Å². The maximum absolute atomic E-state index is 11.0. The van der Waals surface area contributed by atoms with Crippen LogP contribution < -0.4 is 4.90 Å². The summed E-state index contributed by atoms with van der Waals surface area (Å²) >= 11 is 3.33. The Morgan fingerprint density at radius 1 is 1.53 bits per heavy atom. The largest absolute Gasteiger partial charge is 0.465 e. The number of hydrogen-bond acceptors (Lipinski definition) is 1. The topological polar surface area (TPSA) is 40.5 Å². The summed E-state index contributed by atoms with van der Waals surface area (Å²) in [5.41, 5.74) is 0.713. The van der Waals surface area contributed by atoms with Crippen LogP contribution >= 0.6 is 15.9 Å². The maximum Gasteiger partial charge on any atom is 0.411 e. The second-order valence-electron chi connectivity index (χ2n) is 3.27. The highest BCUT2D eigenvalue weighted by atomic mass is 79.9. The summed E-state index contributed by atoms with van der Waals surface area (Å²) in [6.07, 6.45) is 0.956. The van der Waals surface area contributed by atoms with Crippen LogP contribution in [-0.4, -0.2) is 17.7 Å². The van der Waals surface area contributed by atoms with Crippen LogP contribution in [0.4, 0.5) is 10.5 Å². The van der Waals surface area contributed by atoms with E-state index >= 15 is 0 Å². The van der Waals surface area contributed by atoms with Crippen molar-refractivity contribution >= 4 is 27.7 Å². The molecule has 1 aromatic carbocycles. The number of anilines is 1. The molecule has 0 aliphatic heterocycles. The van der Waals surface area contributed by atoms with Gasteiger partial charge in [0.05, 0.1) is 0 Å². The van der Waals surface area contributed by atoms with Crippen molar-refractivity contribution in [2.45, 2.75) is 19.8 Å². The van der Waals surface area contributed by atoms with Gasteiger partial charge < -0.3 is 5.11 Å². The van der Waals surface area contributed by atoms with E-state index in [9.17, 15) is 4.79 Å². The molecule has 0 radical (unpaired) electrons. The standard InChI is InChI=1S/C11H14BrNO2/c1-2-3-7-13(11(14)15)10-6-4-5-9(12)8-10/h4-6,8H,2-3,7H2,1H3,(H,14,15). The highest BCUT2D eigenvalue weighted by Gasteiger charge is 2.13. The van der Waals surface area contributed by atoms with E-state index in [1.807, 2.05) is 25.1 Å². The summed E-state index contributed by atoms with van der Waals surface area (Å²) in [6.45, 7) is 2.59. The molecule has 0 atom stereocenters. The average Bonchev–Trinajstić information content (AvgIpc) is 2.18. The smallest absolute Gasteiger partial charge is 0.411 e. The number of carbonyl (C=O) groups is 1. The van der Waals surface area contributed by atoms with Gasteiger partial charge in [-0.25, -0.2) is 4.79 Å². The van der Waals surface area contributed by atoms with Crippen molar-refractivity contribution in [2.75, 3.05) is 11.4 Å². The molecule has 0 saturated carbocycles. The molecule has 0 spiro atoms. The fourth-order valence-electron chi connectivity index (χ4n) is 1.30. The number of rotatable bonds is 4. The van der Waals surface area contributed by atoms with Gasteiger partial charge in [-0.3, -0.25) is 4.90 Å². The van der Waals surface area contributed by atoms with Crippen LogP contribution in [0.25, 0.3) is 0 Å². The van der Waals surface area contributed by atoms with Gasteiger partial charge in [0.2, 0.25) is 0 Å². The van der Waals surface area contributed by atoms with Crippen LogP contribution in [0.2, 0.25) is 0 Å². The van der Waals surface area contributed by atoms with Crippen molar-refractivity contribution < 1.29 is 9.90 Å². The van der Waals surface area contributed by atoms with E-state index in [1.54, 1.807) is 6.07 Å². The number of carboxylic acid groups (broad SMARTS) is 1. The number of benzene rings is 1. The first-order valence-electron chi connectivity index (χ1n) is 4.91. The third-order valence-electron chi connectivity index (χ3n) is 2.09. The monoisotopic (exact) mass is 271 g/mol. The quantitative estimate of drug-likeness (QED) is 0.907. The van der Waals surface area contributed by atoms with Gasteiger partial charge in [0, 0.05) is 16.7 Å². The Morgan fingerprint density at radius 2 is 2.27 bits per heavy atom. The number of nitrogens with zero attached hydrogens (tertiary/aromatic N) is 1. The van der Waals surface area contributed by atoms with Crippen LogP contribution in [0.15, 0.2) is 28.7 Å². The van der Waals surface area contributed by atoms with Crippen LogP contribution in [0, 0.1) is 0 Å². The fourth-order valence-corrected chi connectivity index (χ4v) is 1.68. The SMILES string of the molecule is CCCCN(C(=O)O)c1cccc(Br)c1. The zero-order valence-electron chi connectivity index (χ0n) is 8.61. The third-order valence-corrected chi connectivity index (χ3v) is 2.58. The van der Waals surface area contributed by atoms with Gasteiger partial charge in [-0.05, 0) is 24.6 Å². The Kier molecular flexibility index (Phi) is 4.62. The zero-order valence-corrected chi connectivity index (χ0v) is 10.2. The van der Waals surface area contributed by atoms with Crippen molar-refractivity contribution in [1.29, 1.82) is 0 Å². The van der Waals surface area contributed by atoms with Crippen molar-refractivity contribution in [2.24, 2.45) is 0 Å². The molecule has 0 aromatic heterocycles. The molecule has 0 saturated heterocycles. The van der Waals surface area contributed by atoms with Crippen LogP contribution in [-0.2, 0) is 0 Å². The lowest BCUT2D eigenvalue weighted by atomic mass is 10.2. The Bertz CT molecular complexity index is 341. The van der Waals surface area contributed by atoms with E-state index < -0.39 is 6.09 Å². The number of halogens is 1. The van der Waals surface area contributed by atoms with Gasteiger partial charge in [-0.1, -0.05) is 35.3 Å². The lowest BCUT2D eigenvalue weighted by molar-refractivity contribution is 0.201. The van der Waals surface area contributed by atoms with E-state index in [0.29, 0.717) is 12.2 Å². The van der Waals surface area contributed by atoms with E-state index in [2.05, 4.69) is 15.9 Å². The molecule has 1 rings (SSSR count). The Morgan fingerprint density at radius 3 is 2.80 bits per heavy atom. The highest BCUT2D eigenvalue weighted by Crippen LogP contribution is 2.20. The summed E-state index contributed by atoms with van der Waals surface area (Å²) in [5, 5.41) is 9.05. The molecule has 0 unspecified atom stereocenters. The molecule has 1 N–H and O–H groups in total. The Labute approximate surface area is 97.8 Å². The summed E-state index contributed by atoms with van der Waals surface area (Å²) in [4.78, 5) is 12.4. The second kappa shape index (κ2) is 5.75. The summed E-state index contributed by atoms with van der Waals surface area (Å²) in [5.74, 6) is 0. The second-order valence-corrected chi connectivity index (χ2v) is 4.18. The molecular formula is C11H14BrNO2. The molecule has 0 aliphatic rings. The summed E-state index contributed by atoms with van der Waals surface area (Å²) < 4.78 is 0.891. The highest BCUT2D eigenvalue weighted by molar-refractivity contribution is 9.10. The molecule has 82 valence electrons. The molecule has 15 heavy (non-hydrogen) atoms. The van der Waals surface area contributed by atoms with Gasteiger partial charge >= 0.3 is 6.09 Å². The zero-order chi connectivity index (χ0) is 11.3. The number of amides is 1. The maximum atomic E-state index is 11.0. The number of unbranched alkanes of at least 4 members (excludes halogenated alkanes) is 1. The average molecular weight is 272 g/mol. The van der Waals surface area contributed by atoms with Crippen molar-refractivity contribution in [1.82, 2.24) is 0 Å². The molecule has 0 fully saturated rings. The minimum Gasteiger partial charge on any atom is -0.465 e. The first kappa shape index (κ1) is 12.0. The third kappa shape index (κ3) is 3.55. The van der Waals surface area contributed by atoms with Crippen molar-refractivity contribution in [3.05, 3.63) is 28.7 Å². The summed E-state index contributed by atoms with van der Waals surface area (Å²) in [6, 6.07) is 7.32. The normalized spacial score (nSPS) is 10.0. The molecule has 1 aromatic rings. The minimum absolute atomic E-state index is 0.544. The predicted octanol–water partition coefficient (Wildman–Crippen LogP) is 3.73.